The van der Waals surface area contributed by atoms with Gasteiger partial charge in [0.25, 0.3) is 0 Å². The Kier molecular flexibility index (Phi) is 3.31. The van der Waals surface area contributed by atoms with E-state index in [2.05, 4.69) is 29.2 Å². The van der Waals surface area contributed by atoms with Crippen LogP contribution in [-0.4, -0.2) is 21.9 Å². The van der Waals surface area contributed by atoms with Gasteiger partial charge in [0.2, 0.25) is 5.89 Å². The molecular formula is C12H14N2O2. The quantitative estimate of drug-likeness (QED) is 0.845. The van der Waals surface area contributed by atoms with E-state index in [1.807, 2.05) is 12.1 Å². The zero-order valence-corrected chi connectivity index (χ0v) is 9.18. The van der Waals surface area contributed by atoms with Crippen LogP contribution in [0.25, 0.3) is 0 Å². The molecule has 0 aliphatic carbocycles. The number of hydrogen-bond acceptors (Lipinski definition) is 4. The number of aryl methyl sites for hydroxylation is 1. The van der Waals surface area contributed by atoms with Crippen LogP contribution in [0.1, 0.15) is 22.8 Å². The molecule has 1 heterocycles. The van der Waals surface area contributed by atoms with Crippen LogP contribution in [0, 0.1) is 6.92 Å². The Labute approximate surface area is 93.9 Å². The zero-order valence-electron chi connectivity index (χ0n) is 9.18. The monoisotopic (exact) mass is 218 g/mol. The molecule has 0 bridgehead atoms. The third kappa shape index (κ3) is 2.67. The van der Waals surface area contributed by atoms with E-state index in [0.717, 1.165) is 5.56 Å². The van der Waals surface area contributed by atoms with Crippen molar-refractivity contribution in [3.8, 4) is 0 Å². The van der Waals surface area contributed by atoms with Crippen molar-refractivity contribution in [3.05, 3.63) is 47.1 Å². The van der Waals surface area contributed by atoms with Gasteiger partial charge in [-0.3, -0.25) is 0 Å². The molecule has 0 saturated heterocycles. The van der Waals surface area contributed by atoms with Crippen LogP contribution in [0.15, 0.2) is 28.8 Å². The molecule has 4 heteroatoms. The molecule has 0 fully saturated rings. The number of benzene rings is 1. The molecule has 1 aromatic heterocycles. The molecule has 4 nitrogen and oxygen atoms in total. The van der Waals surface area contributed by atoms with Gasteiger partial charge in [-0.2, -0.15) is 4.98 Å². The highest BCUT2D eigenvalue weighted by Gasteiger charge is 2.06. The normalized spacial score (nSPS) is 10.6. The Hall–Kier alpha value is -1.68. The highest BCUT2D eigenvalue weighted by molar-refractivity contribution is 5.24. The molecule has 0 saturated carbocycles. The van der Waals surface area contributed by atoms with E-state index < -0.39 is 0 Å². The molecule has 2 rings (SSSR count). The van der Waals surface area contributed by atoms with Crippen molar-refractivity contribution in [3.63, 3.8) is 0 Å². The fourth-order valence-electron chi connectivity index (χ4n) is 1.56. The molecule has 0 radical (unpaired) electrons. The molecular weight excluding hydrogens is 204 g/mol. The molecule has 0 aliphatic rings. The Morgan fingerprint density at radius 3 is 3.00 bits per heavy atom. The number of nitrogens with zero attached hydrogens (tertiary/aromatic N) is 2. The first-order valence-corrected chi connectivity index (χ1v) is 5.26. The predicted molar refractivity (Wildman–Crippen MR) is 59.1 cm³/mol. The fraction of sp³-hybridized carbons (Fsp3) is 0.333. The highest BCUT2D eigenvalue weighted by Crippen LogP contribution is 2.09. The third-order valence-electron chi connectivity index (χ3n) is 2.28. The van der Waals surface area contributed by atoms with Crippen LogP contribution in [-0.2, 0) is 12.8 Å². The first-order chi connectivity index (χ1) is 7.78. The fourth-order valence-corrected chi connectivity index (χ4v) is 1.56. The standard InChI is InChI=1S/C12H14N2O2/c1-9-3-2-4-10(7-9)8-11-13-12(5-6-15)16-14-11/h2-4,7,15H,5-6,8H2,1H3. The topological polar surface area (TPSA) is 59.2 Å². The predicted octanol–water partition coefficient (Wildman–Crippen LogP) is 1.50. The van der Waals surface area contributed by atoms with Gasteiger partial charge in [0.1, 0.15) is 0 Å². The highest BCUT2D eigenvalue weighted by atomic mass is 16.5. The van der Waals surface area contributed by atoms with E-state index >= 15 is 0 Å². The number of aliphatic hydroxyl groups is 1. The minimum absolute atomic E-state index is 0.0338. The molecule has 1 aromatic carbocycles. The zero-order chi connectivity index (χ0) is 11.4. The van der Waals surface area contributed by atoms with Gasteiger partial charge in [0.05, 0.1) is 13.0 Å². The van der Waals surface area contributed by atoms with Gasteiger partial charge in [-0.15, -0.1) is 0 Å². The van der Waals surface area contributed by atoms with Gasteiger partial charge in [0, 0.05) is 6.42 Å². The average Bonchev–Trinajstić information content (AvgIpc) is 2.66. The van der Waals surface area contributed by atoms with Gasteiger partial charge in [-0.1, -0.05) is 35.0 Å². The Balaban J connectivity index is 2.08. The lowest BCUT2D eigenvalue weighted by Gasteiger charge is -1.97. The van der Waals surface area contributed by atoms with E-state index in [1.54, 1.807) is 0 Å². The van der Waals surface area contributed by atoms with Crippen molar-refractivity contribution >= 4 is 0 Å². The molecule has 0 spiro atoms. The third-order valence-corrected chi connectivity index (χ3v) is 2.28. The number of hydrogen-bond donors (Lipinski definition) is 1. The van der Waals surface area contributed by atoms with Crippen LogP contribution in [0.5, 0.6) is 0 Å². The molecule has 0 aliphatic heterocycles. The molecule has 2 aromatic rings. The van der Waals surface area contributed by atoms with Crippen molar-refractivity contribution in [1.29, 1.82) is 0 Å². The maximum Gasteiger partial charge on any atom is 0.228 e. The molecule has 0 amide bonds. The first-order valence-electron chi connectivity index (χ1n) is 5.26. The SMILES string of the molecule is Cc1cccc(Cc2noc(CCO)n2)c1. The molecule has 0 atom stereocenters. The summed E-state index contributed by atoms with van der Waals surface area (Å²) in [5, 5.41) is 12.6. The van der Waals surface area contributed by atoms with Crippen molar-refractivity contribution in [2.45, 2.75) is 19.8 Å². The lowest BCUT2D eigenvalue weighted by molar-refractivity contribution is 0.274. The van der Waals surface area contributed by atoms with Crippen LogP contribution >= 0.6 is 0 Å². The number of aliphatic hydroxyl groups excluding tert-OH is 1. The van der Waals surface area contributed by atoms with E-state index in [9.17, 15) is 0 Å². The molecule has 84 valence electrons. The largest absolute Gasteiger partial charge is 0.396 e. The summed E-state index contributed by atoms with van der Waals surface area (Å²) in [4.78, 5) is 4.19. The number of rotatable bonds is 4. The molecule has 0 unspecified atom stereocenters. The summed E-state index contributed by atoms with van der Waals surface area (Å²) in [5.74, 6) is 1.15. The Morgan fingerprint density at radius 2 is 2.25 bits per heavy atom. The van der Waals surface area contributed by atoms with Crippen molar-refractivity contribution in [1.82, 2.24) is 10.1 Å². The Morgan fingerprint density at radius 1 is 1.38 bits per heavy atom. The summed E-state index contributed by atoms with van der Waals surface area (Å²) in [6.07, 6.45) is 1.08. The number of aromatic nitrogens is 2. The van der Waals surface area contributed by atoms with Crippen molar-refractivity contribution in [2.24, 2.45) is 0 Å². The van der Waals surface area contributed by atoms with Gasteiger partial charge >= 0.3 is 0 Å². The van der Waals surface area contributed by atoms with Crippen molar-refractivity contribution < 1.29 is 9.63 Å². The van der Waals surface area contributed by atoms with Crippen LogP contribution in [0.3, 0.4) is 0 Å². The van der Waals surface area contributed by atoms with Gasteiger partial charge in [-0.05, 0) is 12.5 Å². The second-order valence-corrected chi connectivity index (χ2v) is 3.74. The summed E-state index contributed by atoms with van der Waals surface area (Å²) < 4.78 is 4.99. The second-order valence-electron chi connectivity index (χ2n) is 3.74. The van der Waals surface area contributed by atoms with Crippen LogP contribution in [0.4, 0.5) is 0 Å². The smallest absolute Gasteiger partial charge is 0.228 e. The van der Waals surface area contributed by atoms with Gasteiger partial charge in [0.15, 0.2) is 5.82 Å². The minimum Gasteiger partial charge on any atom is -0.396 e. The van der Waals surface area contributed by atoms with Crippen LogP contribution < -0.4 is 0 Å². The summed E-state index contributed by atoms with van der Waals surface area (Å²) in [5.41, 5.74) is 2.38. The Bertz CT molecular complexity index is 466. The average molecular weight is 218 g/mol. The molecule has 16 heavy (non-hydrogen) atoms. The minimum atomic E-state index is 0.0338. The summed E-state index contributed by atoms with van der Waals surface area (Å²) in [6.45, 7) is 2.09. The summed E-state index contributed by atoms with van der Waals surface area (Å²) >= 11 is 0. The van der Waals surface area contributed by atoms with E-state index in [1.165, 1.54) is 5.56 Å². The lowest BCUT2D eigenvalue weighted by atomic mass is 10.1. The van der Waals surface area contributed by atoms with Gasteiger partial charge in [-0.25, -0.2) is 0 Å². The second kappa shape index (κ2) is 4.90. The van der Waals surface area contributed by atoms with E-state index in [-0.39, 0.29) is 6.61 Å². The molecule has 1 N–H and O–H groups in total. The lowest BCUT2D eigenvalue weighted by Crippen LogP contribution is -1.93. The van der Waals surface area contributed by atoms with Crippen molar-refractivity contribution in [2.75, 3.05) is 6.61 Å². The summed E-state index contributed by atoms with van der Waals surface area (Å²) in [6, 6.07) is 8.20. The first kappa shape index (κ1) is 10.8. The summed E-state index contributed by atoms with van der Waals surface area (Å²) in [7, 11) is 0. The van der Waals surface area contributed by atoms with E-state index in [0.29, 0.717) is 24.6 Å². The van der Waals surface area contributed by atoms with E-state index in [4.69, 9.17) is 9.63 Å². The van der Waals surface area contributed by atoms with Gasteiger partial charge < -0.3 is 9.63 Å². The maximum atomic E-state index is 8.73. The van der Waals surface area contributed by atoms with Crippen LogP contribution in [0.2, 0.25) is 0 Å². The maximum absolute atomic E-state index is 8.73.